The molecule has 36 heavy (non-hydrogen) atoms. The molecule has 2 heterocycles. The van der Waals surface area contributed by atoms with Crippen LogP contribution in [0.2, 0.25) is 0 Å². The van der Waals surface area contributed by atoms with Crippen molar-refractivity contribution < 1.29 is 24.3 Å². The normalized spacial score (nSPS) is 15.3. The molecule has 10 nitrogen and oxygen atoms in total. The maximum absolute atomic E-state index is 13.6. The van der Waals surface area contributed by atoms with Crippen LogP contribution in [0.5, 0.6) is 11.5 Å². The minimum atomic E-state index is -0.821. The molecule has 1 N–H and O–H groups in total. The minimum Gasteiger partial charge on any atom is -0.506 e. The number of nitro benzene ring substituents is 1. The number of non-ortho nitro benzene ring substituents is 1. The number of nitro groups is 1. The lowest BCUT2D eigenvalue weighted by Crippen LogP contribution is -2.39. The fourth-order valence-corrected chi connectivity index (χ4v) is 5.36. The Bertz CT molecular complexity index is 1590. The minimum absolute atomic E-state index is 0.0867. The van der Waals surface area contributed by atoms with Gasteiger partial charge in [0.15, 0.2) is 4.80 Å². The molecule has 0 amide bonds. The van der Waals surface area contributed by atoms with Gasteiger partial charge in [0.2, 0.25) is 0 Å². The highest BCUT2D eigenvalue weighted by atomic mass is 79.9. The number of carbonyl (C=O) groups is 1. The summed E-state index contributed by atoms with van der Waals surface area (Å²) >= 11 is 4.15. The van der Waals surface area contributed by atoms with Gasteiger partial charge in [0.1, 0.15) is 11.5 Å². The molecule has 1 aromatic heterocycles. The van der Waals surface area contributed by atoms with Crippen LogP contribution in [0.1, 0.15) is 31.0 Å². The lowest BCUT2D eigenvalue weighted by molar-refractivity contribution is -0.385. The maximum atomic E-state index is 13.6. The summed E-state index contributed by atoms with van der Waals surface area (Å²) in [5, 5.41) is 21.7. The summed E-state index contributed by atoms with van der Waals surface area (Å²) < 4.78 is 12.2. The van der Waals surface area contributed by atoms with Crippen molar-refractivity contribution in [2.45, 2.75) is 19.9 Å². The molecule has 0 radical (unpaired) electrons. The summed E-state index contributed by atoms with van der Waals surface area (Å²) in [7, 11) is 1.54. The third-order valence-electron chi connectivity index (χ3n) is 5.52. The van der Waals surface area contributed by atoms with E-state index in [1.54, 1.807) is 38.1 Å². The van der Waals surface area contributed by atoms with E-state index in [0.717, 1.165) is 11.3 Å². The largest absolute Gasteiger partial charge is 0.506 e. The number of phenols is 1. The van der Waals surface area contributed by atoms with Crippen molar-refractivity contribution in [2.75, 3.05) is 13.7 Å². The molecule has 1 aliphatic heterocycles. The predicted octanol–water partition coefficient (Wildman–Crippen LogP) is 3.18. The van der Waals surface area contributed by atoms with Crippen molar-refractivity contribution in [3.8, 4) is 11.5 Å². The van der Waals surface area contributed by atoms with Gasteiger partial charge in [0.05, 0.1) is 45.0 Å². The van der Waals surface area contributed by atoms with Gasteiger partial charge in [-0.15, -0.1) is 0 Å². The molecule has 0 unspecified atom stereocenters. The fraction of sp³-hybridized carbons (Fsp3) is 0.208. The standard InChI is InChI=1S/C24H20BrN3O7S/c1-4-35-23(31)19-12(2)26-24-27(20(19)13-5-7-16(34-3)8-6-13)22(30)18(36-24)10-14-9-15(28(32)33)11-17(25)21(14)29/h5-11,20,29H,4H2,1-3H3/b18-10-/t20-/m1/s1. The van der Waals surface area contributed by atoms with E-state index in [0.29, 0.717) is 21.8 Å². The zero-order valence-corrected chi connectivity index (χ0v) is 21.8. The molecule has 2 aromatic carbocycles. The first-order valence-corrected chi connectivity index (χ1v) is 12.3. The number of benzene rings is 2. The van der Waals surface area contributed by atoms with Gasteiger partial charge in [-0.2, -0.15) is 0 Å². The number of carbonyl (C=O) groups excluding carboxylic acids is 1. The summed E-state index contributed by atoms with van der Waals surface area (Å²) in [6, 6.07) is 8.48. The van der Waals surface area contributed by atoms with Gasteiger partial charge in [-0.3, -0.25) is 19.5 Å². The van der Waals surface area contributed by atoms with Crippen LogP contribution in [-0.2, 0) is 9.53 Å². The number of halogens is 1. The molecule has 0 spiro atoms. The molecular weight excluding hydrogens is 554 g/mol. The Balaban J connectivity index is 1.97. The number of rotatable bonds is 6. The monoisotopic (exact) mass is 573 g/mol. The molecule has 0 bridgehead atoms. The van der Waals surface area contributed by atoms with Crippen LogP contribution in [0.3, 0.4) is 0 Å². The Morgan fingerprint density at radius 2 is 2.03 bits per heavy atom. The van der Waals surface area contributed by atoms with Gasteiger partial charge in [-0.05, 0) is 53.5 Å². The third-order valence-corrected chi connectivity index (χ3v) is 7.11. The highest BCUT2D eigenvalue weighted by Crippen LogP contribution is 2.34. The van der Waals surface area contributed by atoms with Crippen molar-refractivity contribution in [1.82, 2.24) is 4.57 Å². The quantitative estimate of drug-likeness (QED) is 0.272. The topological polar surface area (TPSA) is 133 Å². The van der Waals surface area contributed by atoms with E-state index >= 15 is 0 Å². The van der Waals surface area contributed by atoms with Crippen LogP contribution in [0, 0.1) is 10.1 Å². The lowest BCUT2D eigenvalue weighted by Gasteiger charge is -2.24. The van der Waals surface area contributed by atoms with E-state index in [2.05, 4.69) is 20.9 Å². The number of aromatic hydroxyl groups is 1. The van der Waals surface area contributed by atoms with E-state index in [4.69, 9.17) is 9.47 Å². The second-order valence-corrected chi connectivity index (χ2v) is 9.56. The first kappa shape index (κ1) is 25.3. The number of aromatic nitrogens is 1. The molecule has 1 atom stereocenters. The zero-order valence-electron chi connectivity index (χ0n) is 19.4. The second kappa shape index (κ2) is 10.1. The highest BCUT2D eigenvalue weighted by molar-refractivity contribution is 9.10. The fourth-order valence-electron chi connectivity index (χ4n) is 3.86. The van der Waals surface area contributed by atoms with Gasteiger partial charge in [0.25, 0.3) is 11.2 Å². The van der Waals surface area contributed by atoms with Crippen molar-refractivity contribution >= 4 is 45.0 Å². The third kappa shape index (κ3) is 4.56. The number of fused-ring (bicyclic) bond motifs is 1. The summed E-state index contributed by atoms with van der Waals surface area (Å²) in [6.45, 7) is 3.51. The SMILES string of the molecule is CCOC(=O)C1=C(C)N=c2s/c(=C\c3cc([N+](=O)[O-])cc(Br)c3O)c(=O)n2[C@@H]1c1ccc(OC)cc1. The Hall–Kier alpha value is -3.77. The Morgan fingerprint density at radius 3 is 2.64 bits per heavy atom. The number of hydrogen-bond donors (Lipinski definition) is 1. The number of allylic oxidation sites excluding steroid dienone is 1. The number of methoxy groups -OCH3 is 1. The van der Waals surface area contributed by atoms with E-state index in [-0.39, 0.29) is 38.2 Å². The van der Waals surface area contributed by atoms with Crippen LogP contribution in [-0.4, -0.2) is 34.3 Å². The molecular formula is C24H20BrN3O7S. The van der Waals surface area contributed by atoms with Gasteiger partial charge in [0, 0.05) is 17.7 Å². The van der Waals surface area contributed by atoms with E-state index in [9.17, 15) is 24.8 Å². The number of ether oxygens (including phenoxy) is 2. The molecule has 12 heteroatoms. The summed E-state index contributed by atoms with van der Waals surface area (Å²) in [6.07, 6.45) is 1.37. The number of hydrogen-bond acceptors (Lipinski definition) is 9. The second-order valence-electron chi connectivity index (χ2n) is 7.70. The molecule has 0 saturated heterocycles. The van der Waals surface area contributed by atoms with Crippen molar-refractivity contribution in [2.24, 2.45) is 4.99 Å². The smallest absolute Gasteiger partial charge is 0.338 e. The van der Waals surface area contributed by atoms with Crippen LogP contribution in [0.4, 0.5) is 5.69 Å². The lowest BCUT2D eigenvalue weighted by atomic mass is 9.96. The average molecular weight is 574 g/mol. The zero-order chi connectivity index (χ0) is 26.1. The summed E-state index contributed by atoms with van der Waals surface area (Å²) in [5.74, 6) is -0.230. The average Bonchev–Trinajstić information content (AvgIpc) is 3.15. The number of phenolic OH excluding ortho intramolecular Hbond substituents is 1. The highest BCUT2D eigenvalue weighted by Gasteiger charge is 2.33. The maximum Gasteiger partial charge on any atom is 0.338 e. The number of nitrogens with zero attached hydrogens (tertiary/aromatic N) is 3. The Morgan fingerprint density at radius 1 is 1.33 bits per heavy atom. The van der Waals surface area contributed by atoms with Crippen LogP contribution < -0.4 is 19.6 Å². The first-order chi connectivity index (χ1) is 17.2. The molecule has 4 rings (SSSR count). The molecule has 0 saturated carbocycles. The molecule has 0 fully saturated rings. The van der Waals surface area contributed by atoms with Gasteiger partial charge < -0.3 is 14.6 Å². The molecule has 1 aliphatic rings. The predicted molar refractivity (Wildman–Crippen MR) is 136 cm³/mol. The first-order valence-electron chi connectivity index (χ1n) is 10.7. The molecule has 0 aliphatic carbocycles. The van der Waals surface area contributed by atoms with Gasteiger partial charge in [-0.1, -0.05) is 23.5 Å². The van der Waals surface area contributed by atoms with Crippen LogP contribution >= 0.6 is 27.3 Å². The number of thiazole rings is 1. The number of esters is 1. The Labute approximate surface area is 216 Å². The molecule has 186 valence electrons. The molecule has 3 aromatic rings. The van der Waals surface area contributed by atoms with Crippen molar-refractivity contribution in [1.29, 1.82) is 0 Å². The van der Waals surface area contributed by atoms with Crippen LogP contribution in [0.25, 0.3) is 6.08 Å². The van der Waals surface area contributed by atoms with Crippen LogP contribution in [0.15, 0.2) is 61.9 Å². The van der Waals surface area contributed by atoms with Crippen molar-refractivity contribution in [3.05, 3.63) is 93.1 Å². The summed E-state index contributed by atoms with van der Waals surface area (Å²) in [5.41, 5.74) is 0.626. The van der Waals surface area contributed by atoms with Gasteiger partial charge in [-0.25, -0.2) is 9.79 Å². The van der Waals surface area contributed by atoms with E-state index in [1.807, 2.05) is 0 Å². The van der Waals surface area contributed by atoms with E-state index in [1.165, 1.54) is 29.9 Å². The van der Waals surface area contributed by atoms with Gasteiger partial charge >= 0.3 is 5.97 Å². The van der Waals surface area contributed by atoms with Crippen molar-refractivity contribution in [3.63, 3.8) is 0 Å². The van der Waals surface area contributed by atoms with E-state index < -0.39 is 22.5 Å². The summed E-state index contributed by atoms with van der Waals surface area (Å²) in [4.78, 5) is 42.1. The Kier molecular flexibility index (Phi) is 7.09.